The molecule has 21 heavy (non-hydrogen) atoms. The van der Waals surface area contributed by atoms with Gasteiger partial charge < -0.3 is 4.90 Å². The summed E-state index contributed by atoms with van der Waals surface area (Å²) in [6.07, 6.45) is 3.57. The zero-order valence-electron chi connectivity index (χ0n) is 12.5. The number of hydrogen-bond donors (Lipinski definition) is 0. The van der Waals surface area contributed by atoms with E-state index in [0.717, 1.165) is 19.0 Å². The van der Waals surface area contributed by atoms with Crippen LogP contribution in [0.2, 0.25) is 0 Å². The molecule has 0 saturated carbocycles. The van der Waals surface area contributed by atoms with Gasteiger partial charge >= 0.3 is 0 Å². The number of benzene rings is 1. The molecule has 1 aromatic carbocycles. The van der Waals surface area contributed by atoms with Gasteiger partial charge in [0.05, 0.1) is 22.3 Å². The molecular weight excluding hydrogens is 284 g/mol. The van der Waals surface area contributed by atoms with E-state index in [-0.39, 0.29) is 5.75 Å². The van der Waals surface area contributed by atoms with Crippen molar-refractivity contribution in [2.24, 2.45) is 5.92 Å². The van der Waals surface area contributed by atoms with Crippen LogP contribution in [0.1, 0.15) is 31.7 Å². The van der Waals surface area contributed by atoms with Crippen molar-refractivity contribution in [3.05, 3.63) is 29.8 Å². The summed E-state index contributed by atoms with van der Waals surface area (Å²) in [4.78, 5) is 2.55. The van der Waals surface area contributed by atoms with E-state index < -0.39 is 9.84 Å². The summed E-state index contributed by atoms with van der Waals surface area (Å²) >= 11 is 0. The normalized spacial score (nSPS) is 17.5. The molecule has 0 amide bonds. The molecule has 0 bridgehead atoms. The minimum absolute atomic E-state index is 0.149. The predicted octanol–water partition coefficient (Wildman–Crippen LogP) is 2.45. The van der Waals surface area contributed by atoms with Gasteiger partial charge in [-0.3, -0.25) is 0 Å². The first-order chi connectivity index (χ1) is 10.0. The van der Waals surface area contributed by atoms with E-state index in [4.69, 9.17) is 5.26 Å². The lowest BCUT2D eigenvalue weighted by molar-refractivity contribution is 0.190. The van der Waals surface area contributed by atoms with Gasteiger partial charge in [-0.2, -0.15) is 5.26 Å². The molecule has 0 aromatic heterocycles. The monoisotopic (exact) mass is 306 g/mol. The Morgan fingerprint density at radius 1 is 1.24 bits per heavy atom. The van der Waals surface area contributed by atoms with Gasteiger partial charge in [-0.15, -0.1) is 0 Å². The van der Waals surface area contributed by atoms with Crippen molar-refractivity contribution >= 4 is 9.84 Å². The third kappa shape index (κ3) is 4.29. The Morgan fingerprint density at radius 2 is 1.86 bits per heavy atom. The topological polar surface area (TPSA) is 61.2 Å². The van der Waals surface area contributed by atoms with Crippen LogP contribution in [0.3, 0.4) is 0 Å². The molecule has 0 atom stereocenters. The Labute approximate surface area is 127 Å². The lowest BCUT2D eigenvalue weighted by atomic mass is 9.94. The molecule has 5 heteroatoms. The molecule has 1 aromatic rings. The van der Waals surface area contributed by atoms with E-state index in [1.165, 1.54) is 31.4 Å². The van der Waals surface area contributed by atoms with Gasteiger partial charge in [-0.05, 0) is 56.1 Å². The van der Waals surface area contributed by atoms with Crippen molar-refractivity contribution in [3.8, 4) is 6.07 Å². The molecule has 1 fully saturated rings. The Morgan fingerprint density at radius 3 is 2.38 bits per heavy atom. The van der Waals surface area contributed by atoms with Crippen LogP contribution < -0.4 is 0 Å². The SMILES string of the molecule is CCC1CCN(CCS(=O)(=O)c2ccc(C#N)cc2)CC1. The van der Waals surface area contributed by atoms with Gasteiger partial charge in [0.15, 0.2) is 9.84 Å². The number of nitrogens with zero attached hydrogens (tertiary/aromatic N) is 2. The van der Waals surface area contributed by atoms with Crippen LogP contribution in [0.4, 0.5) is 0 Å². The summed E-state index contributed by atoms with van der Waals surface area (Å²) in [5.74, 6) is 0.951. The average Bonchev–Trinajstić information content (AvgIpc) is 2.53. The minimum atomic E-state index is -3.25. The Balaban J connectivity index is 1.91. The Kier molecular flexibility index (Phi) is 5.38. The smallest absolute Gasteiger partial charge is 0.179 e. The quantitative estimate of drug-likeness (QED) is 0.838. The standard InChI is InChI=1S/C16H22N2O2S/c1-2-14-7-9-18(10-8-14)11-12-21(19,20)16-5-3-15(13-17)4-6-16/h3-6,14H,2,7-12H2,1H3. The highest BCUT2D eigenvalue weighted by molar-refractivity contribution is 7.91. The highest BCUT2D eigenvalue weighted by Gasteiger charge is 2.20. The first-order valence-electron chi connectivity index (χ1n) is 7.50. The maximum atomic E-state index is 12.3. The van der Waals surface area contributed by atoms with E-state index in [1.54, 1.807) is 12.1 Å². The van der Waals surface area contributed by atoms with Crippen molar-refractivity contribution in [2.45, 2.75) is 31.1 Å². The third-order valence-electron chi connectivity index (χ3n) is 4.30. The second kappa shape index (κ2) is 7.06. The number of hydrogen-bond acceptors (Lipinski definition) is 4. The molecule has 1 aliphatic rings. The lowest BCUT2D eigenvalue weighted by Gasteiger charge is -2.31. The van der Waals surface area contributed by atoms with Crippen LogP contribution >= 0.6 is 0 Å². The summed E-state index contributed by atoms with van der Waals surface area (Å²) in [5.41, 5.74) is 0.482. The molecule has 0 spiro atoms. The average molecular weight is 306 g/mol. The largest absolute Gasteiger partial charge is 0.302 e. The lowest BCUT2D eigenvalue weighted by Crippen LogP contribution is -2.36. The Bertz CT molecular complexity index is 594. The molecule has 114 valence electrons. The van der Waals surface area contributed by atoms with Crippen molar-refractivity contribution in [2.75, 3.05) is 25.4 Å². The molecule has 0 radical (unpaired) electrons. The predicted molar refractivity (Wildman–Crippen MR) is 82.7 cm³/mol. The van der Waals surface area contributed by atoms with Gasteiger partial charge in [-0.1, -0.05) is 13.3 Å². The summed E-state index contributed by atoms with van der Waals surface area (Å²) in [7, 11) is -3.25. The summed E-state index contributed by atoms with van der Waals surface area (Å²) in [6, 6.07) is 8.16. The second-order valence-electron chi connectivity index (χ2n) is 5.65. The van der Waals surface area contributed by atoms with Gasteiger partial charge in [0.25, 0.3) is 0 Å². The zero-order valence-corrected chi connectivity index (χ0v) is 13.3. The fraction of sp³-hybridized carbons (Fsp3) is 0.562. The van der Waals surface area contributed by atoms with Crippen molar-refractivity contribution in [3.63, 3.8) is 0 Å². The molecular formula is C16H22N2O2S. The summed E-state index contributed by atoms with van der Waals surface area (Å²) in [6.45, 7) is 4.82. The number of nitriles is 1. The fourth-order valence-electron chi connectivity index (χ4n) is 2.72. The van der Waals surface area contributed by atoms with Crippen LogP contribution in [0.15, 0.2) is 29.2 Å². The summed E-state index contributed by atoms with van der Waals surface area (Å²) in [5, 5.41) is 8.74. The molecule has 1 saturated heterocycles. The van der Waals surface area contributed by atoms with Gasteiger partial charge in [0.1, 0.15) is 0 Å². The van der Waals surface area contributed by atoms with Crippen LogP contribution in [0.25, 0.3) is 0 Å². The first kappa shape index (κ1) is 16.0. The fourth-order valence-corrected chi connectivity index (χ4v) is 4.01. The highest BCUT2D eigenvalue weighted by atomic mass is 32.2. The van der Waals surface area contributed by atoms with E-state index in [1.807, 2.05) is 6.07 Å². The van der Waals surface area contributed by atoms with Gasteiger partial charge in [0.2, 0.25) is 0 Å². The molecule has 1 heterocycles. The van der Waals surface area contributed by atoms with E-state index in [9.17, 15) is 8.42 Å². The number of piperidine rings is 1. The van der Waals surface area contributed by atoms with Gasteiger partial charge in [-0.25, -0.2) is 8.42 Å². The van der Waals surface area contributed by atoms with Crippen molar-refractivity contribution in [1.29, 1.82) is 5.26 Å². The minimum Gasteiger partial charge on any atom is -0.302 e. The highest BCUT2D eigenvalue weighted by Crippen LogP contribution is 2.20. The number of likely N-dealkylation sites (tertiary alicyclic amines) is 1. The van der Waals surface area contributed by atoms with Crippen LogP contribution in [0.5, 0.6) is 0 Å². The van der Waals surface area contributed by atoms with E-state index in [0.29, 0.717) is 17.0 Å². The molecule has 4 nitrogen and oxygen atoms in total. The first-order valence-corrected chi connectivity index (χ1v) is 9.15. The molecule has 1 aliphatic heterocycles. The molecule has 0 unspecified atom stereocenters. The maximum absolute atomic E-state index is 12.3. The van der Waals surface area contributed by atoms with Crippen LogP contribution in [-0.2, 0) is 9.84 Å². The van der Waals surface area contributed by atoms with Crippen molar-refractivity contribution < 1.29 is 8.42 Å². The zero-order chi connectivity index (χ0) is 15.3. The van der Waals surface area contributed by atoms with Crippen LogP contribution in [-0.4, -0.2) is 38.7 Å². The number of sulfone groups is 1. The second-order valence-corrected chi connectivity index (χ2v) is 7.76. The number of rotatable bonds is 5. The van der Waals surface area contributed by atoms with E-state index in [2.05, 4.69) is 11.8 Å². The van der Waals surface area contributed by atoms with E-state index >= 15 is 0 Å². The molecule has 0 aliphatic carbocycles. The summed E-state index contributed by atoms with van der Waals surface area (Å²) < 4.78 is 24.6. The third-order valence-corrected chi connectivity index (χ3v) is 6.01. The van der Waals surface area contributed by atoms with Crippen molar-refractivity contribution in [1.82, 2.24) is 4.90 Å². The Hall–Kier alpha value is -1.38. The van der Waals surface area contributed by atoms with Crippen LogP contribution in [0, 0.1) is 17.2 Å². The molecule has 0 N–H and O–H groups in total. The van der Waals surface area contributed by atoms with Gasteiger partial charge in [0, 0.05) is 6.54 Å². The molecule has 2 rings (SSSR count). The maximum Gasteiger partial charge on any atom is 0.179 e.